The van der Waals surface area contributed by atoms with Gasteiger partial charge in [-0.25, -0.2) is 0 Å². The van der Waals surface area contributed by atoms with E-state index >= 15 is 0 Å². The molecular weight excluding hydrogens is 466 g/mol. The Morgan fingerprint density at radius 3 is 1.55 bits per heavy atom. The molecule has 1 nitrogen and oxygen atoms in total. The van der Waals surface area contributed by atoms with Crippen molar-refractivity contribution in [1.82, 2.24) is 0 Å². The fourth-order valence-corrected chi connectivity index (χ4v) is 10.1. The molecule has 2 atom stereocenters. The number of ether oxygens (including phenoxy) is 1. The fourth-order valence-electron chi connectivity index (χ4n) is 4.26. The van der Waals surface area contributed by atoms with Crippen LogP contribution in [0.15, 0.2) is 113 Å². The zero-order valence-electron chi connectivity index (χ0n) is 17.1. The van der Waals surface area contributed by atoms with E-state index in [-0.39, 0.29) is 0 Å². The second-order valence-corrected chi connectivity index (χ2v) is 12.3. The molecule has 0 bridgehead atoms. The van der Waals surface area contributed by atoms with Gasteiger partial charge < -0.3 is 4.74 Å². The first-order valence-electron chi connectivity index (χ1n) is 10.0. The molecule has 4 rings (SSSR count). The lowest BCUT2D eigenvalue weighted by molar-refractivity contribution is 0.0517. The molecule has 0 heterocycles. The second-order valence-electron chi connectivity index (χ2n) is 7.50. The number of hydrogen-bond donors (Lipinski definition) is 0. The van der Waals surface area contributed by atoms with Crippen LogP contribution in [0.1, 0.15) is 0 Å². The van der Waals surface area contributed by atoms with Crippen molar-refractivity contribution in [2.45, 2.75) is 11.0 Å². The molecule has 0 aliphatic heterocycles. The molecule has 0 amide bonds. The molecular formula is C26H23Cl3OP+. The zero-order chi connectivity index (χ0) is 21.9. The first-order chi connectivity index (χ1) is 15.0. The van der Waals surface area contributed by atoms with Gasteiger partial charge in [0.25, 0.3) is 0 Å². The number of hydrogen-bond acceptors (Lipinski definition) is 1. The molecule has 31 heavy (non-hydrogen) atoms. The standard InChI is InChI=1S/C26H23Cl3OP/c1-30-26(24(28)18-17-23(27)25(26)29)19-31(20-11-5-2-6-12-20,21-13-7-3-8-14-21)22-15-9-4-10-16-22/h2-18,25H,19H2,1H3/q+1. The smallest absolute Gasteiger partial charge is 0.159 e. The van der Waals surface area contributed by atoms with Crippen molar-refractivity contribution in [1.29, 1.82) is 0 Å². The van der Waals surface area contributed by atoms with Crippen LogP contribution in [0.25, 0.3) is 0 Å². The summed E-state index contributed by atoms with van der Waals surface area (Å²) in [5, 5.41) is 4.22. The van der Waals surface area contributed by atoms with Crippen molar-refractivity contribution >= 4 is 58.0 Å². The van der Waals surface area contributed by atoms with Gasteiger partial charge in [0.15, 0.2) is 5.60 Å². The number of halogens is 3. The maximum absolute atomic E-state index is 6.92. The van der Waals surface area contributed by atoms with E-state index < -0.39 is 18.2 Å². The van der Waals surface area contributed by atoms with E-state index in [1.165, 1.54) is 15.9 Å². The number of benzene rings is 3. The maximum Gasteiger partial charge on any atom is 0.159 e. The van der Waals surface area contributed by atoms with E-state index in [9.17, 15) is 0 Å². The lowest BCUT2D eigenvalue weighted by Crippen LogP contribution is -2.51. The van der Waals surface area contributed by atoms with Gasteiger partial charge in [-0.3, -0.25) is 0 Å². The fraction of sp³-hybridized carbons (Fsp3) is 0.154. The zero-order valence-corrected chi connectivity index (χ0v) is 20.3. The quantitative estimate of drug-likeness (QED) is 0.295. The highest BCUT2D eigenvalue weighted by Gasteiger charge is 2.57. The number of rotatable bonds is 6. The number of methoxy groups -OCH3 is 1. The molecule has 5 heteroatoms. The molecule has 0 spiro atoms. The van der Waals surface area contributed by atoms with Crippen LogP contribution in [0.5, 0.6) is 0 Å². The largest absolute Gasteiger partial charge is 0.367 e. The molecule has 3 aromatic rings. The van der Waals surface area contributed by atoms with Gasteiger partial charge in [0, 0.05) is 12.1 Å². The van der Waals surface area contributed by atoms with Gasteiger partial charge in [0.2, 0.25) is 0 Å². The normalized spacial score (nSPS) is 21.4. The third-order valence-corrected chi connectivity index (χ3v) is 11.8. The highest BCUT2D eigenvalue weighted by atomic mass is 35.5. The summed E-state index contributed by atoms with van der Waals surface area (Å²) < 4.78 is 6.16. The van der Waals surface area contributed by atoms with Crippen LogP contribution in [-0.2, 0) is 4.74 Å². The molecule has 3 aromatic carbocycles. The maximum atomic E-state index is 6.92. The minimum atomic E-state index is -2.23. The van der Waals surface area contributed by atoms with Crippen LogP contribution in [0.2, 0.25) is 0 Å². The topological polar surface area (TPSA) is 9.23 Å². The molecule has 0 N–H and O–H groups in total. The van der Waals surface area contributed by atoms with Gasteiger partial charge in [-0.05, 0) is 48.6 Å². The van der Waals surface area contributed by atoms with Gasteiger partial charge in [0.05, 0.1) is 5.03 Å². The number of alkyl halides is 1. The second kappa shape index (κ2) is 9.49. The summed E-state index contributed by atoms with van der Waals surface area (Å²) in [6, 6.07) is 31.8. The Labute approximate surface area is 199 Å². The van der Waals surface area contributed by atoms with E-state index in [2.05, 4.69) is 72.8 Å². The van der Waals surface area contributed by atoms with E-state index in [4.69, 9.17) is 39.5 Å². The van der Waals surface area contributed by atoms with Gasteiger partial charge in [-0.1, -0.05) is 77.8 Å². The van der Waals surface area contributed by atoms with E-state index in [0.29, 0.717) is 16.2 Å². The average Bonchev–Trinajstić information content (AvgIpc) is 2.84. The minimum absolute atomic E-state index is 0.528. The number of allylic oxidation sites excluding steroid dienone is 2. The van der Waals surface area contributed by atoms with Crippen molar-refractivity contribution < 1.29 is 4.74 Å². The van der Waals surface area contributed by atoms with Gasteiger partial charge in [0.1, 0.15) is 34.7 Å². The summed E-state index contributed by atoms with van der Waals surface area (Å²) in [6.45, 7) is 0. The summed E-state index contributed by atoms with van der Waals surface area (Å²) in [4.78, 5) is 0. The first-order valence-corrected chi connectivity index (χ1v) is 13.2. The Hall–Kier alpha value is -1.60. The van der Waals surface area contributed by atoms with Crippen LogP contribution >= 0.6 is 42.1 Å². The Kier molecular flexibility index (Phi) is 6.92. The van der Waals surface area contributed by atoms with Crippen LogP contribution in [0.3, 0.4) is 0 Å². The van der Waals surface area contributed by atoms with Gasteiger partial charge >= 0.3 is 0 Å². The van der Waals surface area contributed by atoms with Crippen LogP contribution in [0, 0.1) is 0 Å². The Bertz CT molecular complexity index is 987. The molecule has 0 radical (unpaired) electrons. The van der Waals surface area contributed by atoms with Gasteiger partial charge in [-0.15, -0.1) is 11.6 Å². The van der Waals surface area contributed by atoms with Crippen molar-refractivity contribution in [3.63, 3.8) is 0 Å². The van der Waals surface area contributed by atoms with Crippen molar-refractivity contribution in [2.24, 2.45) is 0 Å². The summed E-state index contributed by atoms with van der Waals surface area (Å²) in [7, 11) is -0.562. The van der Waals surface area contributed by atoms with Crippen molar-refractivity contribution in [2.75, 3.05) is 13.3 Å². The molecule has 1 aliphatic carbocycles. The van der Waals surface area contributed by atoms with E-state index in [1.807, 2.05) is 24.3 Å². The van der Waals surface area contributed by atoms with E-state index in [0.717, 1.165) is 0 Å². The molecule has 0 saturated carbocycles. The molecule has 0 aromatic heterocycles. The summed E-state index contributed by atoms with van der Waals surface area (Å²) in [5.74, 6) is 0. The third-order valence-electron chi connectivity index (χ3n) is 5.87. The Morgan fingerprint density at radius 2 is 1.16 bits per heavy atom. The molecule has 1 aliphatic rings. The van der Waals surface area contributed by atoms with Crippen molar-refractivity contribution in [3.8, 4) is 0 Å². The first kappa shape index (κ1) is 22.6. The predicted octanol–water partition coefficient (Wildman–Crippen LogP) is 6.23. The molecule has 0 saturated heterocycles. The molecule has 2 unspecified atom stereocenters. The van der Waals surface area contributed by atoms with Crippen LogP contribution in [0.4, 0.5) is 0 Å². The molecule has 0 fully saturated rings. The average molecular weight is 489 g/mol. The Balaban J connectivity index is 2.04. The highest BCUT2D eigenvalue weighted by Crippen LogP contribution is 2.60. The van der Waals surface area contributed by atoms with E-state index in [1.54, 1.807) is 13.2 Å². The van der Waals surface area contributed by atoms with Gasteiger partial charge in [-0.2, -0.15) is 0 Å². The lowest BCUT2D eigenvalue weighted by atomic mass is 9.96. The molecule has 158 valence electrons. The SMILES string of the molecule is COC1(C[P+](c2ccccc2)(c2ccccc2)c2ccccc2)C(Cl)=CC=C(Cl)C1Cl. The Morgan fingerprint density at radius 1 is 0.742 bits per heavy atom. The lowest BCUT2D eigenvalue weighted by Gasteiger charge is -2.41. The van der Waals surface area contributed by atoms with Crippen LogP contribution in [-0.4, -0.2) is 24.2 Å². The van der Waals surface area contributed by atoms with Crippen molar-refractivity contribution in [3.05, 3.63) is 113 Å². The third kappa shape index (κ3) is 3.99. The highest BCUT2D eigenvalue weighted by molar-refractivity contribution is 7.95. The summed E-state index contributed by atoms with van der Waals surface area (Å²) in [5.41, 5.74) is -0.954. The van der Waals surface area contributed by atoms with Crippen LogP contribution < -0.4 is 15.9 Å². The summed E-state index contributed by atoms with van der Waals surface area (Å²) in [6.07, 6.45) is 4.15. The monoisotopic (exact) mass is 487 g/mol. The minimum Gasteiger partial charge on any atom is -0.367 e. The predicted molar refractivity (Wildman–Crippen MR) is 137 cm³/mol. The summed E-state index contributed by atoms with van der Waals surface area (Å²) >= 11 is 20.3.